The van der Waals surface area contributed by atoms with Crippen molar-refractivity contribution < 1.29 is 8.42 Å². The first-order valence-electron chi connectivity index (χ1n) is 9.98. The second kappa shape index (κ2) is 7.71. The van der Waals surface area contributed by atoms with Crippen molar-refractivity contribution in [1.29, 1.82) is 0 Å². The lowest BCUT2D eigenvalue weighted by atomic mass is 10.2. The number of aryl methyl sites for hydroxylation is 1. The Morgan fingerprint density at radius 3 is 2.32 bits per heavy atom. The number of nitrogens with zero attached hydrogens (tertiary/aromatic N) is 7. The number of fused-ring (bicyclic) bond motifs is 1. The molecule has 0 bridgehead atoms. The van der Waals surface area contributed by atoms with Crippen molar-refractivity contribution in [3.05, 3.63) is 66.6 Å². The van der Waals surface area contributed by atoms with E-state index in [2.05, 4.69) is 20.3 Å². The minimum absolute atomic E-state index is 0.248. The van der Waals surface area contributed by atoms with E-state index in [1.807, 2.05) is 48.4 Å². The Hall–Kier alpha value is -3.37. The molecule has 0 N–H and O–H groups in total. The van der Waals surface area contributed by atoms with Crippen LogP contribution >= 0.6 is 0 Å². The normalized spacial score (nSPS) is 15.5. The SMILES string of the molecule is Cc1ccn(-c2ccc(N3CCN(S(=O)(=O)c4cccc5cccnc45)CC3)nn2)n1. The molecule has 0 amide bonds. The van der Waals surface area contributed by atoms with E-state index in [4.69, 9.17) is 0 Å². The molecule has 0 spiro atoms. The zero-order chi connectivity index (χ0) is 21.4. The summed E-state index contributed by atoms with van der Waals surface area (Å²) in [6, 6.07) is 14.6. The molecular formula is C21H21N7O2S. The van der Waals surface area contributed by atoms with E-state index in [1.54, 1.807) is 29.1 Å². The second-order valence-corrected chi connectivity index (χ2v) is 9.28. The van der Waals surface area contributed by atoms with Gasteiger partial charge < -0.3 is 4.90 Å². The second-order valence-electron chi connectivity index (χ2n) is 7.37. The number of sulfonamides is 1. The van der Waals surface area contributed by atoms with Crippen molar-refractivity contribution in [3.8, 4) is 5.82 Å². The molecular weight excluding hydrogens is 414 g/mol. The van der Waals surface area contributed by atoms with Crippen molar-refractivity contribution >= 4 is 26.7 Å². The zero-order valence-electron chi connectivity index (χ0n) is 17.0. The number of aromatic nitrogens is 5. The van der Waals surface area contributed by atoms with Crippen LogP contribution in [0.15, 0.2) is 65.8 Å². The predicted octanol–water partition coefficient (Wildman–Crippen LogP) is 2.03. The highest BCUT2D eigenvalue weighted by atomic mass is 32.2. The average Bonchev–Trinajstić information content (AvgIpc) is 3.25. The molecule has 0 atom stereocenters. The summed E-state index contributed by atoms with van der Waals surface area (Å²) in [6.45, 7) is 3.72. The number of rotatable bonds is 4. The maximum atomic E-state index is 13.3. The number of anilines is 1. The smallest absolute Gasteiger partial charge is 0.245 e. The van der Waals surface area contributed by atoms with Gasteiger partial charge in [0.25, 0.3) is 0 Å². The molecule has 0 unspecified atom stereocenters. The largest absolute Gasteiger partial charge is 0.352 e. The lowest BCUT2D eigenvalue weighted by Gasteiger charge is -2.34. The summed E-state index contributed by atoms with van der Waals surface area (Å²) in [5, 5.41) is 13.7. The van der Waals surface area contributed by atoms with E-state index < -0.39 is 10.0 Å². The van der Waals surface area contributed by atoms with Gasteiger partial charge in [-0.05, 0) is 37.3 Å². The van der Waals surface area contributed by atoms with Crippen LogP contribution in [0, 0.1) is 6.92 Å². The molecule has 10 heteroatoms. The molecule has 4 aromatic rings. The first kappa shape index (κ1) is 19.6. The quantitative estimate of drug-likeness (QED) is 0.484. The van der Waals surface area contributed by atoms with Gasteiger partial charge in [0.2, 0.25) is 10.0 Å². The lowest BCUT2D eigenvalue weighted by Crippen LogP contribution is -2.49. The maximum Gasteiger partial charge on any atom is 0.245 e. The Morgan fingerprint density at radius 2 is 1.61 bits per heavy atom. The lowest BCUT2D eigenvalue weighted by molar-refractivity contribution is 0.384. The van der Waals surface area contributed by atoms with Gasteiger partial charge in [0.1, 0.15) is 4.90 Å². The Morgan fingerprint density at radius 1 is 0.871 bits per heavy atom. The van der Waals surface area contributed by atoms with Crippen LogP contribution in [0.25, 0.3) is 16.7 Å². The fourth-order valence-corrected chi connectivity index (χ4v) is 5.32. The van der Waals surface area contributed by atoms with Crippen LogP contribution in [-0.2, 0) is 10.0 Å². The summed E-state index contributed by atoms with van der Waals surface area (Å²) in [5.74, 6) is 1.36. The van der Waals surface area contributed by atoms with E-state index in [0.29, 0.717) is 37.5 Å². The van der Waals surface area contributed by atoms with Crippen molar-refractivity contribution in [2.75, 3.05) is 31.1 Å². The Kier molecular flexibility index (Phi) is 4.87. The van der Waals surface area contributed by atoms with Crippen molar-refractivity contribution in [1.82, 2.24) is 29.3 Å². The van der Waals surface area contributed by atoms with E-state index in [1.165, 1.54) is 4.31 Å². The highest BCUT2D eigenvalue weighted by Gasteiger charge is 2.30. The van der Waals surface area contributed by atoms with Crippen LogP contribution in [0.2, 0.25) is 0 Å². The average molecular weight is 436 g/mol. The molecule has 1 fully saturated rings. The van der Waals surface area contributed by atoms with Crippen LogP contribution in [0.3, 0.4) is 0 Å². The van der Waals surface area contributed by atoms with E-state index in [-0.39, 0.29) is 4.90 Å². The molecule has 9 nitrogen and oxygen atoms in total. The third-order valence-electron chi connectivity index (χ3n) is 5.37. The zero-order valence-corrected chi connectivity index (χ0v) is 17.8. The van der Waals surface area contributed by atoms with Gasteiger partial charge in [-0.15, -0.1) is 10.2 Å². The number of benzene rings is 1. The predicted molar refractivity (Wildman–Crippen MR) is 117 cm³/mol. The van der Waals surface area contributed by atoms with E-state index in [9.17, 15) is 8.42 Å². The van der Waals surface area contributed by atoms with Crippen LogP contribution in [0.5, 0.6) is 0 Å². The number of piperazine rings is 1. The van der Waals surface area contributed by atoms with Crippen LogP contribution < -0.4 is 4.90 Å². The van der Waals surface area contributed by atoms with Gasteiger partial charge in [0.05, 0.1) is 11.2 Å². The molecule has 158 valence electrons. The summed E-state index contributed by atoms with van der Waals surface area (Å²) in [6.07, 6.45) is 3.46. The number of pyridine rings is 1. The topological polar surface area (TPSA) is 97.1 Å². The summed E-state index contributed by atoms with van der Waals surface area (Å²) in [5.41, 5.74) is 1.41. The van der Waals surface area contributed by atoms with Crippen LogP contribution in [-0.4, -0.2) is 63.9 Å². The first-order valence-corrected chi connectivity index (χ1v) is 11.4. The number of para-hydroxylation sites is 1. The summed E-state index contributed by atoms with van der Waals surface area (Å²) >= 11 is 0. The van der Waals surface area contributed by atoms with Gasteiger partial charge in [-0.25, -0.2) is 13.1 Å². The molecule has 0 radical (unpaired) electrons. The fourth-order valence-electron chi connectivity index (χ4n) is 3.73. The van der Waals surface area contributed by atoms with Gasteiger partial charge in [0, 0.05) is 44.0 Å². The van der Waals surface area contributed by atoms with Crippen molar-refractivity contribution in [2.24, 2.45) is 0 Å². The maximum absolute atomic E-state index is 13.3. The Balaban J connectivity index is 1.32. The third kappa shape index (κ3) is 3.64. The summed E-state index contributed by atoms with van der Waals surface area (Å²) in [7, 11) is -3.64. The van der Waals surface area contributed by atoms with Crippen molar-refractivity contribution in [2.45, 2.75) is 11.8 Å². The van der Waals surface area contributed by atoms with Crippen molar-refractivity contribution in [3.63, 3.8) is 0 Å². The highest BCUT2D eigenvalue weighted by molar-refractivity contribution is 7.89. The van der Waals surface area contributed by atoms with Crippen LogP contribution in [0.1, 0.15) is 5.69 Å². The summed E-state index contributed by atoms with van der Waals surface area (Å²) in [4.78, 5) is 6.59. The molecule has 4 heterocycles. The minimum atomic E-state index is -3.64. The van der Waals surface area contributed by atoms with Gasteiger partial charge >= 0.3 is 0 Å². The molecule has 0 aliphatic carbocycles. The first-order chi connectivity index (χ1) is 15.0. The van der Waals surface area contributed by atoms with E-state index >= 15 is 0 Å². The number of hydrogen-bond donors (Lipinski definition) is 0. The van der Waals surface area contributed by atoms with Crippen LogP contribution in [0.4, 0.5) is 5.82 Å². The Bertz CT molecular complexity index is 1320. The molecule has 1 aliphatic heterocycles. The van der Waals surface area contributed by atoms with Gasteiger partial charge in [-0.2, -0.15) is 9.40 Å². The standard InChI is InChI=1S/C21H21N7O2S/c1-16-9-11-28(25-16)20-8-7-19(23-24-20)26-12-14-27(15-13-26)31(29,30)18-6-2-4-17-5-3-10-22-21(17)18/h2-11H,12-15H2,1H3. The molecule has 1 saturated heterocycles. The Labute approximate surface area is 180 Å². The number of hydrogen-bond acceptors (Lipinski definition) is 7. The van der Waals surface area contributed by atoms with Gasteiger partial charge in [0.15, 0.2) is 11.6 Å². The molecule has 1 aromatic carbocycles. The molecule has 3 aromatic heterocycles. The summed E-state index contributed by atoms with van der Waals surface area (Å²) < 4.78 is 29.7. The molecule has 0 saturated carbocycles. The molecule has 31 heavy (non-hydrogen) atoms. The highest BCUT2D eigenvalue weighted by Crippen LogP contribution is 2.25. The van der Waals surface area contributed by atoms with E-state index in [0.717, 1.165) is 16.9 Å². The monoisotopic (exact) mass is 435 g/mol. The molecule has 1 aliphatic rings. The molecule has 5 rings (SSSR count). The minimum Gasteiger partial charge on any atom is -0.352 e. The van der Waals surface area contributed by atoms with Gasteiger partial charge in [-0.1, -0.05) is 18.2 Å². The third-order valence-corrected chi connectivity index (χ3v) is 7.30. The van der Waals surface area contributed by atoms with Gasteiger partial charge in [-0.3, -0.25) is 4.98 Å². The fraction of sp³-hybridized carbons (Fsp3) is 0.238.